The zero-order valence-corrected chi connectivity index (χ0v) is 14.7. The van der Waals surface area contributed by atoms with Gasteiger partial charge in [-0.3, -0.25) is 0 Å². The number of imidazole rings is 1. The number of hydrogen-bond donors (Lipinski definition) is 1. The van der Waals surface area contributed by atoms with E-state index in [4.69, 9.17) is 0 Å². The van der Waals surface area contributed by atoms with E-state index in [1.54, 1.807) is 12.7 Å². The smallest absolute Gasteiger partial charge is 0.165 e. The van der Waals surface area contributed by atoms with E-state index >= 15 is 0 Å². The van der Waals surface area contributed by atoms with Crippen molar-refractivity contribution in [1.82, 2.24) is 24.4 Å². The minimum atomic E-state index is 0.0157. The number of aliphatic hydroxyl groups is 1. The van der Waals surface area contributed by atoms with Crippen molar-refractivity contribution in [2.24, 2.45) is 0 Å². The fraction of sp³-hybridized carbons (Fsp3) is 0.706. The number of nitrogens with zero attached hydrogens (tertiary/aromatic N) is 6. The molecule has 3 heterocycles. The lowest BCUT2D eigenvalue weighted by Crippen LogP contribution is -2.31. The van der Waals surface area contributed by atoms with Crippen LogP contribution in [0.4, 0.5) is 5.82 Å². The molecule has 24 heavy (non-hydrogen) atoms. The van der Waals surface area contributed by atoms with Crippen LogP contribution in [-0.2, 0) is 0 Å². The predicted octanol–water partition coefficient (Wildman–Crippen LogP) is 1.69. The highest BCUT2D eigenvalue weighted by molar-refractivity contribution is 5.83. The van der Waals surface area contributed by atoms with Crippen molar-refractivity contribution in [3.05, 3.63) is 12.7 Å². The van der Waals surface area contributed by atoms with Gasteiger partial charge in [-0.05, 0) is 32.4 Å². The first-order valence-corrected chi connectivity index (χ1v) is 9.04. The number of rotatable bonds is 6. The van der Waals surface area contributed by atoms with Gasteiger partial charge in [0.25, 0.3) is 0 Å². The highest BCUT2D eigenvalue weighted by atomic mass is 16.3. The van der Waals surface area contributed by atoms with Crippen LogP contribution >= 0.6 is 0 Å². The molecular formula is C17H28N6O. The first-order chi connectivity index (χ1) is 11.8. The molecule has 0 spiro atoms. The van der Waals surface area contributed by atoms with Gasteiger partial charge in [-0.1, -0.05) is 13.8 Å². The number of fused-ring (bicyclic) bond motifs is 1. The number of hydrogen-bond acceptors (Lipinski definition) is 6. The van der Waals surface area contributed by atoms with E-state index in [1.165, 1.54) is 6.42 Å². The molecule has 7 heteroatoms. The molecule has 0 aliphatic carbocycles. The van der Waals surface area contributed by atoms with Crippen molar-refractivity contribution in [1.29, 1.82) is 0 Å². The standard InChI is InChI=1S/C17H28N6O/c1-3-6-21-7-5-8-22(10-9-21)16-15-17(19-12-18-16)23(13-20-15)14(4-2)11-24/h12-14,24H,3-11H2,1-2H3/t14-/m1/s1. The van der Waals surface area contributed by atoms with Crippen LogP contribution in [0, 0.1) is 0 Å². The Morgan fingerprint density at radius 3 is 2.75 bits per heavy atom. The molecule has 1 aliphatic heterocycles. The van der Waals surface area contributed by atoms with Gasteiger partial charge in [0, 0.05) is 19.6 Å². The fourth-order valence-electron chi connectivity index (χ4n) is 3.47. The Labute approximate surface area is 143 Å². The molecule has 1 fully saturated rings. The Morgan fingerprint density at radius 1 is 1.12 bits per heavy atom. The summed E-state index contributed by atoms with van der Waals surface area (Å²) in [5, 5.41) is 9.58. The molecule has 3 rings (SSSR count). The van der Waals surface area contributed by atoms with E-state index in [1.807, 2.05) is 4.57 Å². The van der Waals surface area contributed by atoms with Crippen molar-refractivity contribution < 1.29 is 5.11 Å². The molecule has 0 aromatic carbocycles. The van der Waals surface area contributed by atoms with Crippen LogP contribution in [-0.4, -0.2) is 68.9 Å². The third kappa shape index (κ3) is 3.37. The van der Waals surface area contributed by atoms with Gasteiger partial charge < -0.3 is 19.5 Å². The Hall–Kier alpha value is -1.73. The lowest BCUT2D eigenvalue weighted by Gasteiger charge is -2.22. The van der Waals surface area contributed by atoms with Crippen LogP contribution in [0.3, 0.4) is 0 Å². The Bertz CT molecular complexity index is 654. The van der Waals surface area contributed by atoms with Gasteiger partial charge in [0.15, 0.2) is 17.0 Å². The second-order valence-electron chi connectivity index (χ2n) is 6.45. The van der Waals surface area contributed by atoms with Crippen molar-refractivity contribution >= 4 is 17.0 Å². The third-order valence-electron chi connectivity index (χ3n) is 4.84. The monoisotopic (exact) mass is 332 g/mol. The molecule has 1 saturated heterocycles. The first-order valence-electron chi connectivity index (χ1n) is 9.04. The molecule has 2 aromatic heterocycles. The van der Waals surface area contributed by atoms with Crippen molar-refractivity contribution in [2.75, 3.05) is 44.2 Å². The first kappa shape index (κ1) is 17.1. The van der Waals surface area contributed by atoms with Crippen LogP contribution in [0.15, 0.2) is 12.7 Å². The Balaban J connectivity index is 1.87. The molecule has 1 N–H and O–H groups in total. The van der Waals surface area contributed by atoms with Crippen LogP contribution in [0.25, 0.3) is 11.2 Å². The molecular weight excluding hydrogens is 304 g/mol. The third-order valence-corrected chi connectivity index (χ3v) is 4.84. The highest BCUT2D eigenvalue weighted by Gasteiger charge is 2.21. The minimum absolute atomic E-state index is 0.0157. The summed E-state index contributed by atoms with van der Waals surface area (Å²) in [5.74, 6) is 0.921. The maximum atomic E-state index is 9.58. The van der Waals surface area contributed by atoms with E-state index in [-0.39, 0.29) is 12.6 Å². The number of aliphatic hydroxyl groups excluding tert-OH is 1. The van der Waals surface area contributed by atoms with Crippen molar-refractivity contribution in [2.45, 2.75) is 39.2 Å². The quantitative estimate of drug-likeness (QED) is 0.868. The summed E-state index contributed by atoms with van der Waals surface area (Å²) >= 11 is 0. The maximum Gasteiger partial charge on any atom is 0.165 e. The van der Waals surface area contributed by atoms with E-state index in [2.05, 4.69) is 38.6 Å². The summed E-state index contributed by atoms with van der Waals surface area (Å²) < 4.78 is 1.97. The number of aromatic nitrogens is 4. The van der Waals surface area contributed by atoms with Gasteiger partial charge in [-0.2, -0.15) is 0 Å². The van der Waals surface area contributed by atoms with E-state index in [9.17, 15) is 5.11 Å². The van der Waals surface area contributed by atoms with E-state index in [0.29, 0.717) is 0 Å². The molecule has 0 bridgehead atoms. The fourth-order valence-corrected chi connectivity index (χ4v) is 3.47. The van der Waals surface area contributed by atoms with E-state index in [0.717, 1.165) is 62.5 Å². The number of anilines is 1. The highest BCUT2D eigenvalue weighted by Crippen LogP contribution is 2.25. The van der Waals surface area contributed by atoms with Crippen molar-refractivity contribution in [3.63, 3.8) is 0 Å². The lowest BCUT2D eigenvalue weighted by atomic mass is 10.2. The van der Waals surface area contributed by atoms with Gasteiger partial charge in [0.2, 0.25) is 0 Å². The van der Waals surface area contributed by atoms with Gasteiger partial charge in [0.1, 0.15) is 6.33 Å². The molecule has 1 atom stereocenters. The van der Waals surface area contributed by atoms with Gasteiger partial charge in [-0.15, -0.1) is 0 Å². The topological polar surface area (TPSA) is 70.3 Å². The van der Waals surface area contributed by atoms with Crippen LogP contribution < -0.4 is 4.90 Å². The minimum Gasteiger partial charge on any atom is -0.394 e. The average Bonchev–Trinajstić information content (AvgIpc) is 2.89. The lowest BCUT2D eigenvalue weighted by molar-refractivity contribution is 0.226. The van der Waals surface area contributed by atoms with Gasteiger partial charge in [-0.25, -0.2) is 15.0 Å². The summed E-state index contributed by atoms with van der Waals surface area (Å²) in [6, 6.07) is 0.0157. The zero-order chi connectivity index (χ0) is 16.9. The summed E-state index contributed by atoms with van der Waals surface area (Å²) in [6.45, 7) is 9.73. The van der Waals surface area contributed by atoms with Gasteiger partial charge in [0.05, 0.1) is 19.0 Å². The maximum absolute atomic E-state index is 9.58. The summed E-state index contributed by atoms with van der Waals surface area (Å²) in [7, 11) is 0. The normalized spacial score (nSPS) is 18.0. The summed E-state index contributed by atoms with van der Waals surface area (Å²) in [4.78, 5) is 18.4. The SMILES string of the molecule is CCCN1CCCN(c2ncnc3c2ncn3[C@H](CC)CO)CC1. The molecule has 0 saturated carbocycles. The van der Waals surface area contributed by atoms with Crippen molar-refractivity contribution in [3.8, 4) is 0 Å². The second kappa shape index (κ2) is 7.90. The second-order valence-corrected chi connectivity index (χ2v) is 6.45. The van der Waals surface area contributed by atoms with E-state index < -0.39 is 0 Å². The summed E-state index contributed by atoms with van der Waals surface area (Å²) in [5.41, 5.74) is 1.66. The molecule has 0 unspecified atom stereocenters. The Kier molecular flexibility index (Phi) is 5.63. The Morgan fingerprint density at radius 2 is 2.00 bits per heavy atom. The predicted molar refractivity (Wildman–Crippen MR) is 95.3 cm³/mol. The molecule has 7 nitrogen and oxygen atoms in total. The molecule has 1 aliphatic rings. The molecule has 132 valence electrons. The molecule has 0 radical (unpaired) electrons. The van der Waals surface area contributed by atoms with Crippen LogP contribution in [0.2, 0.25) is 0 Å². The summed E-state index contributed by atoms with van der Waals surface area (Å²) in [6.07, 6.45) is 6.59. The average molecular weight is 332 g/mol. The zero-order valence-electron chi connectivity index (χ0n) is 14.7. The van der Waals surface area contributed by atoms with Gasteiger partial charge >= 0.3 is 0 Å². The molecule has 0 amide bonds. The van der Waals surface area contributed by atoms with Crippen LogP contribution in [0.1, 0.15) is 39.2 Å². The largest absolute Gasteiger partial charge is 0.394 e. The molecule has 2 aromatic rings. The van der Waals surface area contributed by atoms with Crippen LogP contribution in [0.5, 0.6) is 0 Å².